The van der Waals surface area contributed by atoms with Crippen LogP contribution in [0.3, 0.4) is 0 Å². The van der Waals surface area contributed by atoms with Crippen molar-refractivity contribution in [2.24, 2.45) is 0 Å². The summed E-state index contributed by atoms with van der Waals surface area (Å²) in [7, 11) is 0. The van der Waals surface area contributed by atoms with Gasteiger partial charge in [0.1, 0.15) is 11.2 Å². The van der Waals surface area contributed by atoms with Gasteiger partial charge in [-0.1, -0.05) is 54.1 Å². The summed E-state index contributed by atoms with van der Waals surface area (Å²) in [6.45, 7) is 0. The molecular formula is C20H13ClN2O3S. The Morgan fingerprint density at radius 3 is 2.48 bits per heavy atom. The average molecular weight is 397 g/mol. The molecule has 2 aromatic heterocycles. The van der Waals surface area contributed by atoms with Crippen LogP contribution in [0.4, 0.5) is 0 Å². The molecule has 2 aromatic carbocycles. The topological polar surface area (TPSA) is 72.2 Å². The van der Waals surface area contributed by atoms with E-state index in [2.05, 4.69) is 4.98 Å². The Morgan fingerprint density at radius 2 is 1.81 bits per heavy atom. The minimum absolute atomic E-state index is 0.387. The minimum Gasteiger partial charge on any atom is -0.479 e. The van der Waals surface area contributed by atoms with Gasteiger partial charge in [0, 0.05) is 16.0 Å². The van der Waals surface area contributed by atoms with Gasteiger partial charge in [-0.25, -0.2) is 9.78 Å². The maximum absolute atomic E-state index is 13.2. The molecule has 7 heteroatoms. The summed E-state index contributed by atoms with van der Waals surface area (Å²) >= 11 is 7.30. The molecule has 0 bridgehead atoms. The Kier molecular flexibility index (Phi) is 4.51. The molecule has 5 nitrogen and oxygen atoms in total. The van der Waals surface area contributed by atoms with E-state index in [-0.39, 0.29) is 5.56 Å². The molecule has 0 amide bonds. The number of hydrogen-bond donors (Lipinski definition) is 1. The van der Waals surface area contributed by atoms with E-state index in [1.54, 1.807) is 42.5 Å². The van der Waals surface area contributed by atoms with Crippen LogP contribution in [-0.4, -0.2) is 20.6 Å². The van der Waals surface area contributed by atoms with E-state index in [1.807, 2.05) is 17.5 Å². The lowest BCUT2D eigenvalue weighted by Gasteiger charge is -2.15. The maximum Gasteiger partial charge on any atom is 0.331 e. The first-order valence-corrected chi connectivity index (χ1v) is 9.34. The lowest BCUT2D eigenvalue weighted by atomic mass is 10.1. The molecule has 0 radical (unpaired) electrons. The number of hydrogen-bond acceptors (Lipinski definition) is 4. The van der Waals surface area contributed by atoms with E-state index in [9.17, 15) is 14.7 Å². The number of carboxylic acids is 1. The highest BCUT2D eigenvalue weighted by Gasteiger charge is 2.25. The number of carbonyl (C=O) groups is 1. The van der Waals surface area contributed by atoms with E-state index < -0.39 is 12.0 Å². The van der Waals surface area contributed by atoms with Crippen molar-refractivity contribution in [3.8, 4) is 11.1 Å². The fourth-order valence-corrected chi connectivity index (χ4v) is 4.06. The Morgan fingerprint density at radius 1 is 1.11 bits per heavy atom. The van der Waals surface area contributed by atoms with Gasteiger partial charge in [0.15, 0.2) is 6.04 Å². The van der Waals surface area contributed by atoms with E-state index in [1.165, 1.54) is 22.2 Å². The van der Waals surface area contributed by atoms with Crippen LogP contribution in [0.5, 0.6) is 0 Å². The molecule has 4 aromatic rings. The van der Waals surface area contributed by atoms with E-state index in [4.69, 9.17) is 11.6 Å². The molecule has 27 heavy (non-hydrogen) atoms. The third-order valence-corrected chi connectivity index (χ3v) is 5.44. The van der Waals surface area contributed by atoms with Crippen LogP contribution in [0.1, 0.15) is 11.6 Å². The molecule has 0 aliphatic carbocycles. The number of benzene rings is 2. The number of thiophene rings is 1. The molecule has 2 heterocycles. The van der Waals surface area contributed by atoms with Crippen molar-refractivity contribution in [1.29, 1.82) is 0 Å². The Labute approximate surface area is 163 Å². The van der Waals surface area contributed by atoms with Crippen molar-refractivity contribution >= 4 is 39.1 Å². The summed E-state index contributed by atoms with van der Waals surface area (Å²) in [5.74, 6) is -1.12. The Balaban J connectivity index is 1.94. The third-order valence-electron chi connectivity index (χ3n) is 4.30. The number of carboxylic acid groups (broad SMARTS) is 1. The molecular weight excluding hydrogens is 384 g/mol. The van der Waals surface area contributed by atoms with Gasteiger partial charge < -0.3 is 5.11 Å². The number of nitrogens with zero attached hydrogens (tertiary/aromatic N) is 2. The fraction of sp³-hybridized carbons (Fsp3) is 0.0500. The summed E-state index contributed by atoms with van der Waals surface area (Å²) < 4.78 is 1.17. The first-order chi connectivity index (χ1) is 13.1. The molecule has 0 spiro atoms. The summed E-state index contributed by atoms with van der Waals surface area (Å²) in [6.07, 6.45) is 1.30. The highest BCUT2D eigenvalue weighted by Crippen LogP contribution is 2.31. The zero-order valence-electron chi connectivity index (χ0n) is 13.9. The lowest BCUT2D eigenvalue weighted by molar-refractivity contribution is -0.139. The normalized spacial score (nSPS) is 12.2. The van der Waals surface area contributed by atoms with Crippen molar-refractivity contribution in [2.75, 3.05) is 0 Å². The second-order valence-corrected chi connectivity index (χ2v) is 7.24. The number of fused-ring (bicyclic) bond motifs is 1. The van der Waals surface area contributed by atoms with Gasteiger partial charge in [-0.3, -0.25) is 9.36 Å². The zero-order chi connectivity index (χ0) is 19.0. The molecule has 0 aliphatic heterocycles. The maximum atomic E-state index is 13.2. The monoisotopic (exact) mass is 396 g/mol. The smallest absolute Gasteiger partial charge is 0.331 e. The van der Waals surface area contributed by atoms with Crippen LogP contribution in [-0.2, 0) is 4.79 Å². The van der Waals surface area contributed by atoms with Crippen LogP contribution in [0.2, 0.25) is 5.02 Å². The highest BCUT2D eigenvalue weighted by atomic mass is 35.5. The summed E-state index contributed by atoms with van der Waals surface area (Å²) in [5, 5.41) is 12.6. The van der Waals surface area contributed by atoms with Gasteiger partial charge in [-0.2, -0.15) is 0 Å². The third kappa shape index (κ3) is 3.13. The largest absolute Gasteiger partial charge is 0.479 e. The summed E-state index contributed by atoms with van der Waals surface area (Å²) in [5.41, 5.74) is 1.67. The molecule has 1 atom stereocenters. The summed E-state index contributed by atoms with van der Waals surface area (Å²) in [4.78, 5) is 30.0. The lowest BCUT2D eigenvalue weighted by Crippen LogP contribution is -2.30. The number of halogens is 1. The van der Waals surface area contributed by atoms with E-state index in [0.717, 1.165) is 11.1 Å². The number of rotatable bonds is 4. The Hall–Kier alpha value is -2.96. The zero-order valence-corrected chi connectivity index (χ0v) is 15.4. The van der Waals surface area contributed by atoms with Gasteiger partial charge in [0.05, 0.1) is 5.39 Å². The predicted molar refractivity (Wildman–Crippen MR) is 107 cm³/mol. The quantitative estimate of drug-likeness (QED) is 0.553. The van der Waals surface area contributed by atoms with Crippen LogP contribution in [0.15, 0.2) is 71.1 Å². The van der Waals surface area contributed by atoms with Gasteiger partial charge in [-0.05, 0) is 23.3 Å². The molecule has 0 saturated carbocycles. The molecule has 4 rings (SSSR count). The predicted octanol–water partition coefficient (Wildman–Crippen LogP) is 4.45. The van der Waals surface area contributed by atoms with Crippen LogP contribution in [0.25, 0.3) is 21.3 Å². The van der Waals surface area contributed by atoms with E-state index >= 15 is 0 Å². The first-order valence-electron chi connectivity index (χ1n) is 8.08. The molecule has 0 saturated heterocycles. The van der Waals surface area contributed by atoms with Gasteiger partial charge >= 0.3 is 5.97 Å². The van der Waals surface area contributed by atoms with Gasteiger partial charge in [-0.15, -0.1) is 11.3 Å². The van der Waals surface area contributed by atoms with Crippen molar-refractivity contribution in [3.05, 3.63) is 87.2 Å². The van der Waals surface area contributed by atoms with Crippen LogP contribution < -0.4 is 5.56 Å². The van der Waals surface area contributed by atoms with Crippen LogP contribution >= 0.6 is 22.9 Å². The second kappa shape index (κ2) is 6.98. The minimum atomic E-state index is -1.14. The first kappa shape index (κ1) is 17.5. The van der Waals surface area contributed by atoms with Crippen LogP contribution in [0, 0.1) is 0 Å². The fourth-order valence-electron chi connectivity index (χ4n) is 3.03. The van der Waals surface area contributed by atoms with E-state index in [0.29, 0.717) is 20.8 Å². The van der Waals surface area contributed by atoms with Crippen molar-refractivity contribution in [3.63, 3.8) is 0 Å². The van der Waals surface area contributed by atoms with Gasteiger partial charge in [0.2, 0.25) is 0 Å². The standard InChI is InChI=1S/C20H13ClN2O3S/c21-14-8-6-12(7-9-14)15-10-27-18-16(15)19(24)23(11-22-18)17(20(25)26)13-4-2-1-3-5-13/h1-11,17H,(H,25,26). The van der Waals surface area contributed by atoms with Crippen molar-refractivity contribution < 1.29 is 9.90 Å². The molecule has 0 fully saturated rings. The Bertz CT molecular complexity index is 1180. The molecule has 1 N–H and O–H groups in total. The average Bonchev–Trinajstić information content (AvgIpc) is 3.10. The molecule has 134 valence electrons. The molecule has 0 aliphatic rings. The van der Waals surface area contributed by atoms with Gasteiger partial charge in [0.25, 0.3) is 5.56 Å². The summed E-state index contributed by atoms with van der Waals surface area (Å²) in [6, 6.07) is 14.7. The second-order valence-electron chi connectivity index (χ2n) is 5.94. The van der Waals surface area contributed by atoms with Crippen molar-refractivity contribution in [2.45, 2.75) is 6.04 Å². The number of aliphatic carboxylic acids is 1. The molecule has 1 unspecified atom stereocenters. The SMILES string of the molecule is O=C(O)C(c1ccccc1)n1cnc2scc(-c3ccc(Cl)cc3)c2c1=O. The van der Waals surface area contributed by atoms with Crippen molar-refractivity contribution in [1.82, 2.24) is 9.55 Å². The number of aromatic nitrogens is 2. The highest BCUT2D eigenvalue weighted by molar-refractivity contribution is 7.17.